The second-order valence-corrected chi connectivity index (χ2v) is 17.1. The van der Waals surface area contributed by atoms with Crippen molar-refractivity contribution in [2.45, 2.75) is 129 Å². The molecule has 2 heterocycles. The summed E-state index contributed by atoms with van der Waals surface area (Å²) in [6, 6.07) is 0. The van der Waals surface area contributed by atoms with Gasteiger partial charge in [0.2, 0.25) is 5.60 Å². The number of allylic oxidation sites excluding steroid dienone is 1. The fourth-order valence-corrected chi connectivity index (χ4v) is 12.6. The zero-order valence-electron chi connectivity index (χ0n) is 33.5. The Labute approximate surface area is 324 Å². The van der Waals surface area contributed by atoms with Crippen molar-refractivity contribution in [1.29, 1.82) is 0 Å². The van der Waals surface area contributed by atoms with Crippen molar-refractivity contribution < 1.29 is 76.6 Å². The summed E-state index contributed by atoms with van der Waals surface area (Å²) in [6.07, 6.45) is -4.94. The standard InChI is InChI=1S/C40H52O16/c1-18-16-39(48)26-14-15-35(8)25-12-13-27(46)50-17-38(25,19(2)51-20(3)41)31(53-22(5)43)28(52-21(4)42)29(35)36(26,9)32(54-23(6)44)33(55-24(7)45)37(39,10)40(30(18)56-40)34(47)49-11/h12-13,19,25-26,28-33,48H,1,14-17H2,2-11H3/t19?,25?,26?,28-,29?,30?,31-,32+,33-,35-,36-,37+,38+,39+,40-/m0/s1. The number of ether oxygens (including phenoxy) is 8. The van der Waals surface area contributed by atoms with E-state index in [9.17, 15) is 38.7 Å². The van der Waals surface area contributed by atoms with Gasteiger partial charge >= 0.3 is 41.8 Å². The third kappa shape index (κ3) is 5.33. The molecule has 0 aromatic carbocycles. The predicted molar refractivity (Wildman–Crippen MR) is 188 cm³/mol. The lowest BCUT2D eigenvalue weighted by Crippen LogP contribution is -2.84. The fraction of sp³-hybridized carbons (Fsp3) is 0.725. The van der Waals surface area contributed by atoms with E-state index in [4.69, 9.17) is 37.9 Å². The van der Waals surface area contributed by atoms with E-state index in [2.05, 4.69) is 6.58 Å². The normalized spacial score (nSPS) is 44.9. The van der Waals surface area contributed by atoms with Crippen LogP contribution in [0.25, 0.3) is 0 Å². The summed E-state index contributed by atoms with van der Waals surface area (Å²) in [7, 11) is 1.16. The molecule has 1 saturated heterocycles. The molecule has 6 aliphatic rings. The smallest absolute Gasteiger partial charge is 0.342 e. The van der Waals surface area contributed by atoms with Crippen LogP contribution in [0.1, 0.15) is 81.6 Å². The summed E-state index contributed by atoms with van der Waals surface area (Å²) < 4.78 is 47.9. The highest BCUT2D eigenvalue weighted by molar-refractivity contribution is 5.87. The first-order valence-electron chi connectivity index (χ1n) is 18.8. The van der Waals surface area contributed by atoms with Crippen molar-refractivity contribution in [1.82, 2.24) is 0 Å². The molecular weight excluding hydrogens is 736 g/mol. The van der Waals surface area contributed by atoms with Gasteiger partial charge in [0.25, 0.3) is 0 Å². The first kappa shape index (κ1) is 41.3. The average Bonchev–Trinajstić information content (AvgIpc) is 3.87. The fourth-order valence-electron chi connectivity index (χ4n) is 12.6. The molecule has 0 radical (unpaired) electrons. The minimum absolute atomic E-state index is 0.133. The molecule has 6 rings (SSSR count). The molecule has 15 atom stereocenters. The number of hydrogen-bond donors (Lipinski definition) is 1. The lowest BCUT2D eigenvalue weighted by Gasteiger charge is -2.74. The summed E-state index contributed by atoms with van der Waals surface area (Å²) in [6.45, 7) is 16.4. The summed E-state index contributed by atoms with van der Waals surface area (Å²) in [4.78, 5) is 92.7. The van der Waals surface area contributed by atoms with Crippen molar-refractivity contribution in [3.8, 4) is 0 Å². The number of cyclic esters (lactones) is 1. The van der Waals surface area contributed by atoms with Gasteiger partial charge in [-0.05, 0) is 49.5 Å². The first-order chi connectivity index (χ1) is 25.9. The number of aliphatic hydroxyl groups is 1. The summed E-state index contributed by atoms with van der Waals surface area (Å²) in [5, 5.41) is 13.6. The number of hydrogen-bond acceptors (Lipinski definition) is 16. The molecule has 1 N–H and O–H groups in total. The zero-order valence-corrected chi connectivity index (χ0v) is 33.5. The van der Waals surface area contributed by atoms with Crippen LogP contribution in [0.4, 0.5) is 0 Å². The van der Waals surface area contributed by atoms with Crippen LogP contribution in [0.5, 0.6) is 0 Å². The van der Waals surface area contributed by atoms with Crippen molar-refractivity contribution in [3.63, 3.8) is 0 Å². The first-order valence-corrected chi connectivity index (χ1v) is 18.8. The monoisotopic (exact) mass is 788 g/mol. The number of fused-ring (bicyclic) bond motifs is 9. The molecule has 5 fully saturated rings. The number of methoxy groups -OCH3 is 1. The Kier molecular flexibility index (Phi) is 9.88. The number of epoxide rings is 1. The molecular formula is C40H52O16. The Morgan fingerprint density at radius 1 is 0.875 bits per heavy atom. The number of rotatable bonds is 7. The second-order valence-electron chi connectivity index (χ2n) is 17.1. The van der Waals surface area contributed by atoms with E-state index in [0.717, 1.165) is 21.0 Å². The van der Waals surface area contributed by atoms with E-state index in [1.165, 1.54) is 26.8 Å². The Bertz CT molecular complexity index is 1800. The zero-order chi connectivity index (χ0) is 41.7. The van der Waals surface area contributed by atoms with Crippen LogP contribution >= 0.6 is 0 Å². The summed E-state index contributed by atoms with van der Waals surface area (Å²) in [5.74, 6) is -8.32. The Morgan fingerprint density at radius 3 is 2.00 bits per heavy atom. The molecule has 5 unspecified atom stereocenters. The van der Waals surface area contributed by atoms with E-state index >= 15 is 0 Å². The van der Waals surface area contributed by atoms with Crippen LogP contribution in [-0.2, 0) is 71.5 Å². The van der Waals surface area contributed by atoms with E-state index < -0.39 is 136 Å². The van der Waals surface area contributed by atoms with Gasteiger partial charge in [0, 0.05) is 58.4 Å². The molecule has 16 heteroatoms. The molecule has 0 amide bonds. The predicted octanol–water partition coefficient (Wildman–Crippen LogP) is 2.45. The number of carbonyl (C=O) groups is 7. The molecule has 0 aromatic heterocycles. The molecule has 0 bridgehead atoms. The number of esters is 7. The van der Waals surface area contributed by atoms with Gasteiger partial charge in [0.1, 0.15) is 31.0 Å². The molecule has 4 aliphatic carbocycles. The van der Waals surface area contributed by atoms with Gasteiger partial charge in [-0.25, -0.2) is 9.59 Å². The topological polar surface area (TPSA) is 217 Å². The van der Waals surface area contributed by atoms with Crippen LogP contribution in [-0.4, -0.2) is 108 Å². The molecule has 16 nitrogen and oxygen atoms in total. The second kappa shape index (κ2) is 13.4. The lowest BCUT2D eigenvalue weighted by atomic mass is 9.31. The molecule has 56 heavy (non-hydrogen) atoms. The largest absolute Gasteiger partial charge is 0.467 e. The summed E-state index contributed by atoms with van der Waals surface area (Å²) in [5.41, 5.74) is -9.66. The van der Waals surface area contributed by atoms with Crippen LogP contribution in [0.15, 0.2) is 24.3 Å². The highest BCUT2D eigenvalue weighted by Gasteiger charge is 2.91. The van der Waals surface area contributed by atoms with Gasteiger partial charge in [-0.15, -0.1) is 0 Å². The minimum Gasteiger partial charge on any atom is -0.467 e. The van der Waals surface area contributed by atoms with Crippen LogP contribution < -0.4 is 0 Å². The van der Waals surface area contributed by atoms with Crippen molar-refractivity contribution in [3.05, 3.63) is 24.3 Å². The van der Waals surface area contributed by atoms with Crippen molar-refractivity contribution in [2.24, 2.45) is 39.4 Å². The van der Waals surface area contributed by atoms with Gasteiger partial charge in [-0.1, -0.05) is 26.5 Å². The van der Waals surface area contributed by atoms with Gasteiger partial charge in [0.05, 0.1) is 23.5 Å². The lowest BCUT2D eigenvalue weighted by molar-refractivity contribution is -0.357. The van der Waals surface area contributed by atoms with Gasteiger partial charge in [0.15, 0.2) is 12.2 Å². The van der Waals surface area contributed by atoms with E-state index in [1.807, 2.05) is 6.92 Å². The third-order valence-corrected chi connectivity index (χ3v) is 14.4. The molecule has 4 saturated carbocycles. The van der Waals surface area contributed by atoms with E-state index in [0.29, 0.717) is 5.57 Å². The molecule has 2 aliphatic heterocycles. The van der Waals surface area contributed by atoms with Gasteiger partial charge in [-0.3, -0.25) is 24.0 Å². The number of carbonyl (C=O) groups excluding carboxylic acids is 7. The molecule has 0 aromatic rings. The van der Waals surface area contributed by atoms with E-state index in [1.54, 1.807) is 26.8 Å². The van der Waals surface area contributed by atoms with Crippen molar-refractivity contribution in [2.75, 3.05) is 13.7 Å². The molecule has 308 valence electrons. The quantitative estimate of drug-likeness (QED) is 0.170. The Balaban J connectivity index is 1.72. The average molecular weight is 789 g/mol. The maximum atomic E-state index is 13.9. The van der Waals surface area contributed by atoms with Gasteiger partial charge < -0.3 is 43.0 Å². The maximum absolute atomic E-state index is 13.9. The maximum Gasteiger partial charge on any atom is 0.342 e. The van der Waals surface area contributed by atoms with Crippen LogP contribution in [0.2, 0.25) is 0 Å². The Morgan fingerprint density at radius 2 is 1.45 bits per heavy atom. The minimum atomic E-state index is -2.01. The van der Waals surface area contributed by atoms with Crippen LogP contribution in [0, 0.1) is 39.4 Å². The third-order valence-electron chi connectivity index (χ3n) is 14.4. The van der Waals surface area contributed by atoms with E-state index in [-0.39, 0.29) is 19.3 Å². The van der Waals surface area contributed by atoms with Crippen molar-refractivity contribution >= 4 is 41.8 Å². The van der Waals surface area contributed by atoms with Crippen LogP contribution in [0.3, 0.4) is 0 Å². The SMILES string of the molecule is C=C1C[C@@]2(O)C3CC[C@]4(C)C([C@H](OC(C)=O)[C@H](OC(C)=O)[C@@]5(C(C)OC(C)=O)COC(=O)C=CC45)[C@@]3(C)[C@H](OC(C)=O)[C@H](OC(C)=O)[C@@]2(C)[C@]2(C(=O)OC)OC12. The molecule has 0 spiro atoms. The van der Waals surface area contributed by atoms with Gasteiger partial charge in [-0.2, -0.15) is 0 Å². The highest BCUT2D eigenvalue weighted by atomic mass is 16.7. The summed E-state index contributed by atoms with van der Waals surface area (Å²) >= 11 is 0. The Hall–Kier alpha value is -4.31. The highest BCUT2D eigenvalue weighted by Crippen LogP contribution is 2.78.